The van der Waals surface area contributed by atoms with Crippen molar-refractivity contribution < 1.29 is 0 Å². The van der Waals surface area contributed by atoms with E-state index in [-0.39, 0.29) is 0 Å². The molecule has 0 aliphatic heterocycles. The van der Waals surface area contributed by atoms with Gasteiger partial charge in [-0.2, -0.15) is 0 Å². The minimum atomic E-state index is -1.44. The van der Waals surface area contributed by atoms with Crippen molar-refractivity contribution in [2.24, 2.45) is 0 Å². The molecule has 0 saturated heterocycles. The number of rotatable bonds is 6. The summed E-state index contributed by atoms with van der Waals surface area (Å²) in [4.78, 5) is 4.87. The first-order chi connectivity index (χ1) is 10.6. The summed E-state index contributed by atoms with van der Waals surface area (Å²) in [5.41, 5.74) is 5.23. The van der Waals surface area contributed by atoms with Gasteiger partial charge in [0.15, 0.2) is 0 Å². The average Bonchev–Trinajstić information content (AvgIpc) is 2.57. The zero-order valence-corrected chi connectivity index (χ0v) is 15.7. The third-order valence-corrected chi connectivity index (χ3v) is 10.8. The number of nitrogens with zero attached hydrogens (tertiary/aromatic N) is 1. The highest BCUT2D eigenvalue weighted by Crippen LogP contribution is 2.29. The first-order valence-corrected chi connectivity index (χ1v) is 11.3. The van der Waals surface area contributed by atoms with Crippen LogP contribution in [0.1, 0.15) is 39.1 Å². The van der Waals surface area contributed by atoms with Crippen molar-refractivity contribution in [3.63, 3.8) is 0 Å². The van der Waals surface area contributed by atoms with Crippen LogP contribution < -0.4 is 5.19 Å². The summed E-state index contributed by atoms with van der Waals surface area (Å²) >= 11 is 0. The molecule has 0 saturated carbocycles. The van der Waals surface area contributed by atoms with Crippen molar-refractivity contribution in [2.75, 3.05) is 0 Å². The van der Waals surface area contributed by atoms with Crippen LogP contribution in [0, 0.1) is 6.92 Å². The SMILES string of the molecule is CCc1nc(C)cc([Si](CC)(CC)CC)c1-c1ccccc1. The van der Waals surface area contributed by atoms with Crippen LogP contribution in [0.25, 0.3) is 11.1 Å². The second kappa shape index (κ2) is 7.23. The van der Waals surface area contributed by atoms with Crippen LogP contribution in [-0.4, -0.2) is 13.1 Å². The van der Waals surface area contributed by atoms with E-state index in [4.69, 9.17) is 4.98 Å². The Balaban J connectivity index is 2.80. The lowest BCUT2D eigenvalue weighted by Gasteiger charge is -2.32. The number of aromatic nitrogens is 1. The van der Waals surface area contributed by atoms with E-state index in [2.05, 4.69) is 71.0 Å². The molecule has 22 heavy (non-hydrogen) atoms. The summed E-state index contributed by atoms with van der Waals surface area (Å²) in [5.74, 6) is 0. The van der Waals surface area contributed by atoms with Gasteiger partial charge in [0.2, 0.25) is 0 Å². The highest BCUT2D eigenvalue weighted by atomic mass is 28.3. The molecule has 2 aromatic rings. The first kappa shape index (κ1) is 16.9. The van der Waals surface area contributed by atoms with Gasteiger partial charge in [0.1, 0.15) is 0 Å². The topological polar surface area (TPSA) is 12.9 Å². The molecule has 0 unspecified atom stereocenters. The molecule has 0 fully saturated rings. The molecular weight excluding hydrogens is 282 g/mol. The first-order valence-electron chi connectivity index (χ1n) is 8.68. The van der Waals surface area contributed by atoms with Crippen LogP contribution in [0.15, 0.2) is 36.4 Å². The van der Waals surface area contributed by atoms with E-state index < -0.39 is 8.07 Å². The predicted octanol–water partition coefficient (Wildman–Crippen LogP) is 5.33. The van der Waals surface area contributed by atoms with Gasteiger partial charge in [-0.05, 0) is 30.2 Å². The minimum absolute atomic E-state index is 1.00. The van der Waals surface area contributed by atoms with Crippen LogP contribution in [0.5, 0.6) is 0 Å². The number of aryl methyl sites for hydroxylation is 2. The quantitative estimate of drug-likeness (QED) is 0.657. The lowest BCUT2D eigenvalue weighted by atomic mass is 10.0. The highest BCUT2D eigenvalue weighted by Gasteiger charge is 2.33. The molecule has 0 bridgehead atoms. The van der Waals surface area contributed by atoms with Gasteiger partial charge in [0.25, 0.3) is 0 Å². The maximum atomic E-state index is 4.87. The summed E-state index contributed by atoms with van der Waals surface area (Å²) in [6, 6.07) is 17.2. The molecule has 0 radical (unpaired) electrons. The van der Waals surface area contributed by atoms with Crippen molar-refractivity contribution >= 4 is 13.3 Å². The second-order valence-corrected chi connectivity index (χ2v) is 11.4. The van der Waals surface area contributed by atoms with Gasteiger partial charge in [-0.3, -0.25) is 4.98 Å². The standard InChI is InChI=1S/C20H29NSi/c1-6-18-20(17-13-11-10-12-14-17)19(15-16(5)21-18)22(7-2,8-3)9-4/h10-15H,6-9H2,1-5H3. The van der Waals surface area contributed by atoms with Gasteiger partial charge >= 0.3 is 0 Å². The van der Waals surface area contributed by atoms with E-state index in [0.29, 0.717) is 0 Å². The molecule has 0 aliphatic rings. The van der Waals surface area contributed by atoms with Gasteiger partial charge < -0.3 is 0 Å². The molecule has 0 atom stereocenters. The van der Waals surface area contributed by atoms with Crippen molar-refractivity contribution in [2.45, 2.75) is 59.2 Å². The van der Waals surface area contributed by atoms with Crippen LogP contribution in [0.3, 0.4) is 0 Å². The Morgan fingerprint density at radius 2 is 1.50 bits per heavy atom. The van der Waals surface area contributed by atoms with E-state index >= 15 is 0 Å². The highest BCUT2D eigenvalue weighted by molar-refractivity contribution is 6.92. The Hall–Kier alpha value is -1.41. The average molecular weight is 312 g/mol. The largest absolute Gasteiger partial charge is 0.258 e. The van der Waals surface area contributed by atoms with Gasteiger partial charge in [0, 0.05) is 17.0 Å². The van der Waals surface area contributed by atoms with Crippen LogP contribution in [0.2, 0.25) is 18.1 Å². The summed E-state index contributed by atoms with van der Waals surface area (Å²) in [5, 5.41) is 1.63. The minimum Gasteiger partial charge on any atom is -0.258 e. The van der Waals surface area contributed by atoms with E-state index in [1.165, 1.54) is 40.6 Å². The summed E-state index contributed by atoms with van der Waals surface area (Å²) in [6.07, 6.45) is 1.00. The van der Waals surface area contributed by atoms with Gasteiger partial charge in [-0.1, -0.05) is 76.2 Å². The van der Waals surface area contributed by atoms with Crippen molar-refractivity contribution in [1.82, 2.24) is 4.98 Å². The van der Waals surface area contributed by atoms with Gasteiger partial charge in [-0.25, -0.2) is 0 Å². The lowest BCUT2D eigenvalue weighted by Crippen LogP contribution is -2.47. The number of hydrogen-bond acceptors (Lipinski definition) is 1. The van der Waals surface area contributed by atoms with Crippen molar-refractivity contribution in [1.29, 1.82) is 0 Å². The molecule has 1 aromatic heterocycles. The van der Waals surface area contributed by atoms with Crippen LogP contribution >= 0.6 is 0 Å². The molecule has 0 spiro atoms. The third-order valence-electron chi connectivity index (χ3n) is 5.22. The Bertz CT molecular complexity index is 607. The van der Waals surface area contributed by atoms with E-state index in [1.54, 1.807) is 5.19 Å². The summed E-state index contributed by atoms with van der Waals surface area (Å²) < 4.78 is 0. The van der Waals surface area contributed by atoms with Gasteiger partial charge in [-0.15, -0.1) is 0 Å². The molecule has 1 nitrogen and oxygen atoms in total. The van der Waals surface area contributed by atoms with E-state index in [0.717, 1.165) is 6.42 Å². The van der Waals surface area contributed by atoms with Crippen LogP contribution in [0.4, 0.5) is 0 Å². The summed E-state index contributed by atoms with van der Waals surface area (Å²) in [6.45, 7) is 11.5. The van der Waals surface area contributed by atoms with Crippen molar-refractivity contribution in [3.05, 3.63) is 47.8 Å². The fraction of sp³-hybridized carbons (Fsp3) is 0.450. The van der Waals surface area contributed by atoms with Gasteiger partial charge in [0.05, 0.1) is 8.07 Å². The molecule has 1 heterocycles. The molecule has 118 valence electrons. The number of hydrogen-bond donors (Lipinski definition) is 0. The second-order valence-electron chi connectivity index (χ2n) is 6.19. The fourth-order valence-electron chi connectivity index (χ4n) is 3.66. The maximum Gasteiger partial charge on any atom is 0.0869 e. The zero-order valence-electron chi connectivity index (χ0n) is 14.7. The Labute approximate surface area is 136 Å². The monoisotopic (exact) mass is 311 g/mol. The Morgan fingerprint density at radius 3 is 2.00 bits per heavy atom. The number of pyridine rings is 1. The molecule has 2 heteroatoms. The molecule has 1 aromatic carbocycles. The maximum absolute atomic E-state index is 4.87. The molecule has 0 N–H and O–H groups in total. The Kier molecular flexibility index (Phi) is 5.57. The Morgan fingerprint density at radius 1 is 0.909 bits per heavy atom. The van der Waals surface area contributed by atoms with E-state index in [9.17, 15) is 0 Å². The lowest BCUT2D eigenvalue weighted by molar-refractivity contribution is 1.01. The molecule has 0 aliphatic carbocycles. The zero-order chi connectivity index (χ0) is 16.2. The number of benzene rings is 1. The van der Waals surface area contributed by atoms with E-state index in [1.807, 2.05) is 0 Å². The summed E-state index contributed by atoms with van der Waals surface area (Å²) in [7, 11) is -1.44. The molecular formula is C20H29NSi. The smallest absolute Gasteiger partial charge is 0.0869 e. The normalized spacial score (nSPS) is 11.7. The molecule has 2 rings (SSSR count). The van der Waals surface area contributed by atoms with Crippen LogP contribution in [-0.2, 0) is 6.42 Å². The molecule has 0 amide bonds. The predicted molar refractivity (Wildman–Crippen MR) is 101 cm³/mol. The van der Waals surface area contributed by atoms with Crippen molar-refractivity contribution in [3.8, 4) is 11.1 Å². The third kappa shape index (κ3) is 3.03. The fourth-order valence-corrected chi connectivity index (χ4v) is 7.64.